The average Bonchev–Trinajstić information content (AvgIpc) is 2.34. The van der Waals surface area contributed by atoms with Crippen LogP contribution in [0.15, 0.2) is 35.3 Å². The Morgan fingerprint density at radius 2 is 1.94 bits per heavy atom. The highest BCUT2D eigenvalue weighted by atomic mass is 35.5. The summed E-state index contributed by atoms with van der Waals surface area (Å²) < 4.78 is 2.03. The van der Waals surface area contributed by atoms with Crippen LogP contribution in [0.5, 0.6) is 0 Å². The van der Waals surface area contributed by atoms with E-state index in [0.29, 0.717) is 5.56 Å². The molecule has 0 bridgehead atoms. The van der Waals surface area contributed by atoms with E-state index in [0.717, 1.165) is 11.4 Å². The van der Waals surface area contributed by atoms with Crippen molar-refractivity contribution in [2.45, 2.75) is 26.7 Å². The molecule has 3 heteroatoms. The zero-order valence-corrected chi connectivity index (χ0v) is 11.6. The number of rotatable bonds is 2. The van der Waals surface area contributed by atoms with Gasteiger partial charge in [0.05, 0.1) is 5.88 Å². The van der Waals surface area contributed by atoms with Crippen LogP contribution in [0.3, 0.4) is 0 Å². The van der Waals surface area contributed by atoms with Crippen LogP contribution in [0.2, 0.25) is 0 Å². The predicted octanol–water partition coefficient (Wildman–Crippen LogP) is 3.50. The van der Waals surface area contributed by atoms with Crippen LogP contribution in [0.25, 0.3) is 5.69 Å². The second-order valence-corrected chi connectivity index (χ2v) is 4.79. The monoisotopic (exact) mass is 261 g/mol. The number of halogens is 1. The van der Waals surface area contributed by atoms with Gasteiger partial charge in [0.15, 0.2) is 5.43 Å². The molecule has 1 aromatic carbocycles. The van der Waals surface area contributed by atoms with Gasteiger partial charge in [-0.3, -0.25) is 4.79 Å². The molecule has 0 spiro atoms. The fourth-order valence-electron chi connectivity index (χ4n) is 2.03. The van der Waals surface area contributed by atoms with E-state index in [-0.39, 0.29) is 11.3 Å². The molecular weight excluding hydrogens is 246 g/mol. The topological polar surface area (TPSA) is 22.0 Å². The predicted molar refractivity (Wildman–Crippen MR) is 75.8 cm³/mol. The number of benzene rings is 1. The molecule has 0 saturated carbocycles. The minimum atomic E-state index is 0.00376. The van der Waals surface area contributed by atoms with Gasteiger partial charge in [-0.15, -0.1) is 11.6 Å². The van der Waals surface area contributed by atoms with Crippen LogP contribution in [-0.2, 0) is 5.88 Å². The Kier molecular flexibility index (Phi) is 3.58. The Hall–Kier alpha value is -1.54. The van der Waals surface area contributed by atoms with E-state index in [9.17, 15) is 4.79 Å². The average molecular weight is 262 g/mol. The lowest BCUT2D eigenvalue weighted by Gasteiger charge is -2.15. The van der Waals surface area contributed by atoms with Crippen molar-refractivity contribution < 1.29 is 0 Å². The summed E-state index contributed by atoms with van der Waals surface area (Å²) in [7, 11) is 0. The van der Waals surface area contributed by atoms with Crippen LogP contribution in [0.4, 0.5) is 0 Å². The number of alkyl halides is 1. The van der Waals surface area contributed by atoms with Crippen molar-refractivity contribution in [1.29, 1.82) is 0 Å². The number of aromatic nitrogens is 1. The molecular formula is C15H16ClNO. The third kappa shape index (κ3) is 2.21. The van der Waals surface area contributed by atoms with E-state index in [2.05, 4.69) is 26.0 Å². The Bertz CT molecular complexity index is 643. The summed E-state index contributed by atoms with van der Waals surface area (Å²) in [5.41, 5.74) is 5.09. The number of hydrogen-bond donors (Lipinski definition) is 0. The maximum atomic E-state index is 11.7. The molecule has 2 nitrogen and oxygen atoms in total. The second-order valence-electron chi connectivity index (χ2n) is 4.53. The molecule has 2 rings (SSSR count). The Morgan fingerprint density at radius 1 is 1.22 bits per heavy atom. The van der Waals surface area contributed by atoms with E-state index in [1.807, 2.05) is 23.8 Å². The lowest BCUT2D eigenvalue weighted by Crippen LogP contribution is -2.13. The first kappa shape index (κ1) is 12.9. The van der Waals surface area contributed by atoms with Crippen molar-refractivity contribution in [3.8, 4) is 5.69 Å². The zero-order valence-electron chi connectivity index (χ0n) is 10.8. The number of hydrogen-bond acceptors (Lipinski definition) is 1. The standard InChI is InChI=1S/C15H16ClNO/c1-10-5-4-6-14(12(10)3)17-9-13(8-16)15(18)7-11(17)2/h4-7,9H,8H2,1-3H3. The van der Waals surface area contributed by atoms with E-state index >= 15 is 0 Å². The van der Waals surface area contributed by atoms with Gasteiger partial charge in [0, 0.05) is 29.2 Å². The van der Waals surface area contributed by atoms with Crippen molar-refractivity contribution in [3.63, 3.8) is 0 Å². The highest BCUT2D eigenvalue weighted by Gasteiger charge is 2.07. The summed E-state index contributed by atoms with van der Waals surface area (Å²) in [4.78, 5) is 11.7. The van der Waals surface area contributed by atoms with Crippen molar-refractivity contribution >= 4 is 11.6 Å². The normalized spacial score (nSPS) is 10.7. The highest BCUT2D eigenvalue weighted by Crippen LogP contribution is 2.19. The SMILES string of the molecule is Cc1cccc(-n2cc(CCl)c(=O)cc2C)c1C. The molecule has 0 unspecified atom stereocenters. The Balaban J connectivity index is 2.71. The van der Waals surface area contributed by atoms with E-state index < -0.39 is 0 Å². The van der Waals surface area contributed by atoms with Gasteiger partial charge in [-0.05, 0) is 38.0 Å². The third-order valence-corrected chi connectivity index (χ3v) is 3.59. The molecule has 0 aliphatic heterocycles. The van der Waals surface area contributed by atoms with Crippen molar-refractivity contribution in [1.82, 2.24) is 4.57 Å². The molecule has 94 valence electrons. The van der Waals surface area contributed by atoms with Gasteiger partial charge < -0.3 is 4.57 Å². The first-order valence-corrected chi connectivity index (χ1v) is 6.42. The molecule has 0 aliphatic carbocycles. The Morgan fingerprint density at radius 3 is 2.61 bits per heavy atom. The molecule has 0 fully saturated rings. The molecule has 0 radical (unpaired) electrons. The molecule has 0 N–H and O–H groups in total. The minimum Gasteiger partial charge on any atom is -0.320 e. The van der Waals surface area contributed by atoms with Gasteiger partial charge >= 0.3 is 0 Å². The van der Waals surface area contributed by atoms with Crippen molar-refractivity contribution in [2.75, 3.05) is 0 Å². The molecule has 2 aromatic rings. The number of pyridine rings is 1. The smallest absolute Gasteiger partial charge is 0.186 e. The maximum absolute atomic E-state index is 11.7. The van der Waals surface area contributed by atoms with Gasteiger partial charge in [-0.1, -0.05) is 12.1 Å². The number of nitrogens with zero attached hydrogens (tertiary/aromatic N) is 1. The quantitative estimate of drug-likeness (QED) is 0.759. The molecule has 0 saturated heterocycles. The Labute approximate surface area is 112 Å². The van der Waals surface area contributed by atoms with E-state index in [1.54, 1.807) is 6.07 Å². The third-order valence-electron chi connectivity index (χ3n) is 3.30. The zero-order chi connectivity index (χ0) is 13.3. The summed E-state index contributed by atoms with van der Waals surface area (Å²) in [5, 5.41) is 0. The lowest BCUT2D eigenvalue weighted by atomic mass is 10.1. The van der Waals surface area contributed by atoms with Gasteiger partial charge in [-0.25, -0.2) is 0 Å². The highest BCUT2D eigenvalue weighted by molar-refractivity contribution is 6.17. The summed E-state index contributed by atoms with van der Waals surface area (Å²) in [5.74, 6) is 0.240. The van der Waals surface area contributed by atoms with Gasteiger partial charge in [-0.2, -0.15) is 0 Å². The van der Waals surface area contributed by atoms with Crippen LogP contribution in [0, 0.1) is 20.8 Å². The first-order valence-electron chi connectivity index (χ1n) is 5.89. The molecule has 0 aliphatic rings. The van der Waals surface area contributed by atoms with Gasteiger partial charge in [0.2, 0.25) is 0 Å². The molecule has 0 amide bonds. The molecule has 18 heavy (non-hydrogen) atoms. The lowest BCUT2D eigenvalue weighted by molar-refractivity contribution is 0.942. The minimum absolute atomic E-state index is 0.00376. The van der Waals surface area contributed by atoms with Crippen LogP contribution in [-0.4, -0.2) is 4.57 Å². The summed E-state index contributed by atoms with van der Waals surface area (Å²) in [6.07, 6.45) is 1.84. The summed E-state index contributed by atoms with van der Waals surface area (Å²) >= 11 is 5.80. The number of aryl methyl sites for hydroxylation is 2. The van der Waals surface area contributed by atoms with Gasteiger partial charge in [0.25, 0.3) is 0 Å². The summed E-state index contributed by atoms with van der Waals surface area (Å²) in [6.45, 7) is 6.10. The summed E-state index contributed by atoms with van der Waals surface area (Å²) in [6, 6.07) is 7.80. The van der Waals surface area contributed by atoms with Crippen molar-refractivity contribution in [2.24, 2.45) is 0 Å². The molecule has 1 heterocycles. The van der Waals surface area contributed by atoms with Gasteiger partial charge in [0.1, 0.15) is 0 Å². The van der Waals surface area contributed by atoms with E-state index in [4.69, 9.17) is 11.6 Å². The fraction of sp³-hybridized carbons (Fsp3) is 0.267. The fourth-order valence-corrected chi connectivity index (χ4v) is 2.23. The second kappa shape index (κ2) is 4.99. The van der Waals surface area contributed by atoms with Crippen LogP contribution >= 0.6 is 11.6 Å². The van der Waals surface area contributed by atoms with Crippen LogP contribution < -0.4 is 5.43 Å². The molecule has 1 aromatic heterocycles. The van der Waals surface area contributed by atoms with Crippen LogP contribution in [0.1, 0.15) is 22.4 Å². The largest absolute Gasteiger partial charge is 0.320 e. The first-order chi connectivity index (χ1) is 8.54. The molecule has 0 atom stereocenters. The van der Waals surface area contributed by atoms with Crippen molar-refractivity contribution in [3.05, 3.63) is 63.1 Å². The van der Waals surface area contributed by atoms with E-state index in [1.165, 1.54) is 11.1 Å². The maximum Gasteiger partial charge on any atom is 0.186 e.